The van der Waals surface area contributed by atoms with E-state index < -0.39 is 6.16 Å². The zero-order valence-electron chi connectivity index (χ0n) is 20.2. The number of carbonyl (C=O) groups is 1. The summed E-state index contributed by atoms with van der Waals surface area (Å²) in [6.07, 6.45) is 6.68. The first-order valence-corrected chi connectivity index (χ1v) is 11.6. The van der Waals surface area contributed by atoms with E-state index in [2.05, 4.69) is 27.7 Å². The van der Waals surface area contributed by atoms with Crippen LogP contribution in [0.1, 0.15) is 79.1 Å². The molecule has 0 aliphatic carbocycles. The van der Waals surface area contributed by atoms with Gasteiger partial charge in [0, 0.05) is 14.2 Å². The van der Waals surface area contributed by atoms with Gasteiger partial charge in [-0.3, -0.25) is 0 Å². The van der Waals surface area contributed by atoms with Crippen molar-refractivity contribution in [2.45, 2.75) is 103 Å². The number of hydrogen-bond acceptors (Lipinski definition) is 7. The van der Waals surface area contributed by atoms with Crippen molar-refractivity contribution < 1.29 is 33.2 Å². The molecule has 0 aliphatic rings. The minimum atomic E-state index is -0.678. The van der Waals surface area contributed by atoms with Crippen molar-refractivity contribution in [1.82, 2.24) is 0 Å². The van der Waals surface area contributed by atoms with Crippen LogP contribution in [0, 0.1) is 0 Å². The molecule has 7 heteroatoms. The van der Waals surface area contributed by atoms with E-state index in [1.807, 2.05) is 0 Å². The Labute approximate surface area is 184 Å². The van der Waals surface area contributed by atoms with E-state index in [0.29, 0.717) is 13.2 Å². The van der Waals surface area contributed by atoms with Gasteiger partial charge in [-0.2, -0.15) is 0 Å². The third kappa shape index (κ3) is 15.0. The Morgan fingerprint density at radius 2 is 1.03 bits per heavy atom. The lowest BCUT2D eigenvalue weighted by molar-refractivity contribution is -0.0729. The molecule has 30 heavy (non-hydrogen) atoms. The maximum absolute atomic E-state index is 12.1. The molecule has 0 spiro atoms. The van der Waals surface area contributed by atoms with E-state index in [1.54, 1.807) is 14.2 Å². The Hall–Kier alpha value is -0.890. The second-order valence-electron chi connectivity index (χ2n) is 7.60. The molecule has 0 fully saturated rings. The summed E-state index contributed by atoms with van der Waals surface area (Å²) in [6, 6.07) is 0. The van der Waals surface area contributed by atoms with Crippen molar-refractivity contribution in [3.8, 4) is 0 Å². The third-order valence-electron chi connectivity index (χ3n) is 5.15. The number of ether oxygens (including phenoxy) is 6. The number of carbonyl (C=O) groups excluding carboxylic acids is 1. The largest absolute Gasteiger partial charge is 0.508 e. The van der Waals surface area contributed by atoms with Crippen molar-refractivity contribution >= 4 is 6.16 Å². The lowest BCUT2D eigenvalue weighted by Gasteiger charge is -2.22. The summed E-state index contributed by atoms with van der Waals surface area (Å²) >= 11 is 0. The van der Waals surface area contributed by atoms with Crippen molar-refractivity contribution in [2.75, 3.05) is 40.6 Å². The molecule has 0 rings (SSSR count). The first-order valence-electron chi connectivity index (χ1n) is 11.6. The van der Waals surface area contributed by atoms with Gasteiger partial charge < -0.3 is 28.4 Å². The Morgan fingerprint density at radius 1 is 0.633 bits per heavy atom. The lowest BCUT2D eigenvalue weighted by atomic mass is 10.1. The average molecular weight is 435 g/mol. The summed E-state index contributed by atoms with van der Waals surface area (Å²) in [5.41, 5.74) is 0. The van der Waals surface area contributed by atoms with Crippen LogP contribution < -0.4 is 0 Å². The zero-order chi connectivity index (χ0) is 22.6. The normalized spacial score (nSPS) is 15.4. The Bertz CT molecular complexity index is 350. The number of methoxy groups -OCH3 is 2. The molecule has 0 aromatic heterocycles. The number of hydrogen-bond donors (Lipinski definition) is 0. The summed E-state index contributed by atoms with van der Waals surface area (Å²) < 4.78 is 33.2. The van der Waals surface area contributed by atoms with Gasteiger partial charge in [-0.1, -0.05) is 53.4 Å². The topological polar surface area (TPSA) is 72.5 Å². The van der Waals surface area contributed by atoms with Crippen LogP contribution in [0.4, 0.5) is 4.79 Å². The Balaban J connectivity index is 4.42. The van der Waals surface area contributed by atoms with Crippen LogP contribution in [0.5, 0.6) is 0 Å². The quantitative estimate of drug-likeness (QED) is 0.246. The first kappa shape index (κ1) is 29.1. The zero-order valence-corrected chi connectivity index (χ0v) is 20.2. The molecule has 0 heterocycles. The highest BCUT2D eigenvalue weighted by atomic mass is 16.7. The van der Waals surface area contributed by atoms with Gasteiger partial charge in [-0.05, 0) is 25.7 Å². The molecule has 4 atom stereocenters. The second-order valence-corrected chi connectivity index (χ2v) is 7.60. The summed E-state index contributed by atoms with van der Waals surface area (Å²) in [5.74, 6) is 0. The van der Waals surface area contributed by atoms with Crippen molar-refractivity contribution in [3.63, 3.8) is 0 Å². The predicted molar refractivity (Wildman–Crippen MR) is 118 cm³/mol. The standard InChI is InChI=1S/C23H46O7/c1-7-11-13-21(27-15-19(9-3)25-5)17-29-23(24)30-18-22(14-12-8-2)28-16-20(10-4)26-6/h19-22H,7-18H2,1-6H3. The third-order valence-corrected chi connectivity index (χ3v) is 5.15. The fourth-order valence-corrected chi connectivity index (χ4v) is 2.85. The van der Waals surface area contributed by atoms with Gasteiger partial charge in [0.15, 0.2) is 0 Å². The molecule has 0 aromatic rings. The number of unbranched alkanes of at least 4 members (excludes halogenated alkanes) is 2. The van der Waals surface area contributed by atoms with Gasteiger partial charge >= 0.3 is 6.16 Å². The molecule has 0 bridgehead atoms. The molecule has 0 N–H and O–H groups in total. The molecule has 0 radical (unpaired) electrons. The highest BCUT2D eigenvalue weighted by molar-refractivity contribution is 5.59. The molecule has 180 valence electrons. The summed E-state index contributed by atoms with van der Waals surface area (Å²) in [6.45, 7) is 9.70. The van der Waals surface area contributed by atoms with E-state index in [-0.39, 0.29) is 37.6 Å². The van der Waals surface area contributed by atoms with Crippen LogP contribution >= 0.6 is 0 Å². The van der Waals surface area contributed by atoms with E-state index in [9.17, 15) is 4.79 Å². The lowest BCUT2D eigenvalue weighted by Crippen LogP contribution is -2.30. The molecule has 7 nitrogen and oxygen atoms in total. The van der Waals surface area contributed by atoms with E-state index in [4.69, 9.17) is 28.4 Å². The maximum atomic E-state index is 12.1. The summed E-state index contributed by atoms with van der Waals surface area (Å²) in [5, 5.41) is 0. The van der Waals surface area contributed by atoms with Crippen LogP contribution in [0.15, 0.2) is 0 Å². The molecular formula is C23H46O7. The van der Waals surface area contributed by atoms with Crippen molar-refractivity contribution in [2.24, 2.45) is 0 Å². The van der Waals surface area contributed by atoms with Gasteiger partial charge in [0.2, 0.25) is 0 Å². The first-order chi connectivity index (χ1) is 14.5. The maximum Gasteiger partial charge on any atom is 0.508 e. The monoisotopic (exact) mass is 434 g/mol. The van der Waals surface area contributed by atoms with Gasteiger partial charge in [0.25, 0.3) is 0 Å². The Morgan fingerprint density at radius 3 is 1.33 bits per heavy atom. The van der Waals surface area contributed by atoms with Crippen LogP contribution in [0.2, 0.25) is 0 Å². The summed E-state index contributed by atoms with van der Waals surface area (Å²) in [4.78, 5) is 12.1. The predicted octanol–water partition coefficient (Wildman–Crippen LogP) is 5.14. The minimum absolute atomic E-state index is 0.0524. The molecule has 4 unspecified atom stereocenters. The fraction of sp³-hybridized carbons (Fsp3) is 0.957. The molecule has 0 aromatic carbocycles. The van der Waals surface area contributed by atoms with Crippen molar-refractivity contribution in [1.29, 1.82) is 0 Å². The van der Waals surface area contributed by atoms with Gasteiger partial charge in [0.1, 0.15) is 13.2 Å². The van der Waals surface area contributed by atoms with E-state index >= 15 is 0 Å². The highest BCUT2D eigenvalue weighted by Crippen LogP contribution is 2.11. The van der Waals surface area contributed by atoms with Crippen molar-refractivity contribution in [3.05, 3.63) is 0 Å². The van der Waals surface area contributed by atoms with Crippen LogP contribution in [0.3, 0.4) is 0 Å². The minimum Gasteiger partial charge on any atom is -0.432 e. The average Bonchev–Trinajstić information content (AvgIpc) is 2.77. The molecular weight excluding hydrogens is 388 g/mol. The SMILES string of the molecule is CCCCC(COC(=O)OCC(CCCC)OCC(CC)OC)OCC(CC)OC. The van der Waals surface area contributed by atoms with E-state index in [1.165, 1.54) is 0 Å². The fourth-order valence-electron chi connectivity index (χ4n) is 2.85. The smallest absolute Gasteiger partial charge is 0.432 e. The molecule has 0 aliphatic heterocycles. The molecule has 0 saturated heterocycles. The van der Waals surface area contributed by atoms with Gasteiger partial charge in [0.05, 0.1) is 37.6 Å². The Kier molecular flexibility index (Phi) is 19.4. The second kappa shape index (κ2) is 20.0. The molecule has 0 saturated carbocycles. The summed E-state index contributed by atoms with van der Waals surface area (Å²) in [7, 11) is 3.36. The van der Waals surface area contributed by atoms with Gasteiger partial charge in [-0.15, -0.1) is 0 Å². The van der Waals surface area contributed by atoms with E-state index in [0.717, 1.165) is 51.4 Å². The van der Waals surface area contributed by atoms with Crippen LogP contribution in [-0.2, 0) is 28.4 Å². The number of rotatable bonds is 20. The van der Waals surface area contributed by atoms with Crippen LogP contribution in [0.25, 0.3) is 0 Å². The van der Waals surface area contributed by atoms with Crippen LogP contribution in [-0.4, -0.2) is 71.2 Å². The highest BCUT2D eigenvalue weighted by Gasteiger charge is 2.18. The molecule has 0 amide bonds. The van der Waals surface area contributed by atoms with Gasteiger partial charge in [-0.25, -0.2) is 4.79 Å².